The molecule has 1 N–H and O–H groups in total. The van der Waals surface area contributed by atoms with Crippen LogP contribution in [0.3, 0.4) is 0 Å². The third-order valence-electron chi connectivity index (χ3n) is 3.65. The van der Waals surface area contributed by atoms with Crippen molar-refractivity contribution in [1.82, 2.24) is 5.32 Å². The Kier molecular flexibility index (Phi) is 4.33. The fourth-order valence-corrected chi connectivity index (χ4v) is 3.23. The molecule has 0 aliphatic carbocycles. The van der Waals surface area contributed by atoms with Gasteiger partial charge in [-0.25, -0.2) is 0 Å². The Morgan fingerprint density at radius 1 is 1.39 bits per heavy atom. The fourth-order valence-electron chi connectivity index (χ4n) is 2.82. The van der Waals surface area contributed by atoms with Gasteiger partial charge in [0.25, 0.3) is 0 Å². The predicted octanol–water partition coefficient (Wildman–Crippen LogP) is 3.79. The molecule has 0 spiro atoms. The minimum Gasteiger partial charge on any atom is -0.371 e. The van der Waals surface area contributed by atoms with Gasteiger partial charge < -0.3 is 10.2 Å². The summed E-state index contributed by atoms with van der Waals surface area (Å²) in [4.78, 5) is 2.54. The van der Waals surface area contributed by atoms with Crippen LogP contribution in [0, 0.1) is 5.41 Å². The van der Waals surface area contributed by atoms with Crippen LogP contribution in [0.4, 0.5) is 5.69 Å². The van der Waals surface area contributed by atoms with Crippen molar-refractivity contribution < 1.29 is 0 Å². The molecule has 1 aliphatic rings. The highest BCUT2D eigenvalue weighted by Gasteiger charge is 2.27. The maximum Gasteiger partial charge on any atom is 0.0412 e. The average Bonchev–Trinajstić information content (AvgIpc) is 2.28. The zero-order valence-electron chi connectivity index (χ0n) is 11.6. The molecule has 0 unspecified atom stereocenters. The summed E-state index contributed by atoms with van der Waals surface area (Å²) in [5, 5.41) is 3.26. The van der Waals surface area contributed by atoms with E-state index in [2.05, 4.69) is 58.2 Å². The van der Waals surface area contributed by atoms with Crippen molar-refractivity contribution in [2.24, 2.45) is 5.41 Å². The Balaban J connectivity index is 2.26. The van der Waals surface area contributed by atoms with Gasteiger partial charge in [0, 0.05) is 29.8 Å². The Labute approximate surface area is 119 Å². The molecule has 18 heavy (non-hydrogen) atoms. The lowest BCUT2D eigenvalue weighted by molar-refractivity contribution is 0.293. The molecule has 2 rings (SSSR count). The van der Waals surface area contributed by atoms with E-state index in [1.54, 1.807) is 0 Å². The second-order valence-electron chi connectivity index (χ2n) is 5.99. The lowest BCUT2D eigenvalue weighted by atomic mass is 9.84. The van der Waals surface area contributed by atoms with Crippen LogP contribution in [-0.2, 0) is 6.54 Å². The minimum atomic E-state index is 0.433. The van der Waals surface area contributed by atoms with E-state index in [1.807, 2.05) is 7.05 Å². The molecule has 2 nitrogen and oxygen atoms in total. The van der Waals surface area contributed by atoms with Crippen LogP contribution in [0.2, 0.25) is 0 Å². The lowest BCUT2D eigenvalue weighted by Crippen LogP contribution is -2.40. The molecular weight excluding hydrogens is 288 g/mol. The molecule has 0 aromatic heterocycles. The van der Waals surface area contributed by atoms with Crippen LogP contribution in [0.15, 0.2) is 22.7 Å². The highest BCUT2D eigenvalue weighted by atomic mass is 79.9. The molecule has 0 radical (unpaired) electrons. The summed E-state index contributed by atoms with van der Waals surface area (Å²) in [6.07, 6.45) is 2.63. The third kappa shape index (κ3) is 3.27. The number of halogens is 1. The second-order valence-corrected chi connectivity index (χ2v) is 6.91. The maximum atomic E-state index is 3.57. The van der Waals surface area contributed by atoms with Crippen LogP contribution in [-0.4, -0.2) is 20.1 Å². The van der Waals surface area contributed by atoms with Gasteiger partial charge in [-0.1, -0.05) is 29.8 Å². The van der Waals surface area contributed by atoms with E-state index in [4.69, 9.17) is 0 Å². The topological polar surface area (TPSA) is 15.3 Å². The first kappa shape index (κ1) is 13.9. The van der Waals surface area contributed by atoms with Gasteiger partial charge in [0.1, 0.15) is 0 Å². The highest BCUT2D eigenvalue weighted by molar-refractivity contribution is 9.10. The summed E-state index contributed by atoms with van der Waals surface area (Å²) in [6, 6.07) is 6.63. The van der Waals surface area contributed by atoms with E-state index in [0.29, 0.717) is 5.41 Å². The Morgan fingerprint density at radius 3 is 2.83 bits per heavy atom. The molecule has 0 amide bonds. The van der Waals surface area contributed by atoms with E-state index in [-0.39, 0.29) is 0 Å². The van der Waals surface area contributed by atoms with E-state index < -0.39 is 0 Å². The number of rotatable bonds is 3. The monoisotopic (exact) mass is 310 g/mol. The first-order valence-corrected chi connectivity index (χ1v) is 7.49. The van der Waals surface area contributed by atoms with Crippen molar-refractivity contribution in [1.29, 1.82) is 0 Å². The number of benzene rings is 1. The van der Waals surface area contributed by atoms with Crippen LogP contribution in [0.25, 0.3) is 0 Å². The molecule has 1 saturated heterocycles. The van der Waals surface area contributed by atoms with Crippen LogP contribution in [0.5, 0.6) is 0 Å². The van der Waals surface area contributed by atoms with Crippen LogP contribution >= 0.6 is 15.9 Å². The van der Waals surface area contributed by atoms with Gasteiger partial charge in [-0.2, -0.15) is 0 Å². The predicted molar refractivity (Wildman–Crippen MR) is 82.1 cm³/mol. The summed E-state index contributed by atoms with van der Waals surface area (Å²) in [7, 11) is 2.00. The first-order chi connectivity index (χ1) is 8.52. The molecular formula is C15H23BrN2. The average molecular weight is 311 g/mol. The lowest BCUT2D eigenvalue weighted by Gasteiger charge is -2.40. The number of nitrogens with one attached hydrogen (secondary N) is 1. The molecule has 0 bridgehead atoms. The van der Waals surface area contributed by atoms with Crippen molar-refractivity contribution in [3.63, 3.8) is 0 Å². The van der Waals surface area contributed by atoms with Gasteiger partial charge in [0.2, 0.25) is 0 Å². The largest absolute Gasteiger partial charge is 0.371 e. The fraction of sp³-hybridized carbons (Fsp3) is 0.600. The Morgan fingerprint density at radius 2 is 2.17 bits per heavy atom. The van der Waals surface area contributed by atoms with Crippen molar-refractivity contribution in [2.75, 3.05) is 25.0 Å². The van der Waals surface area contributed by atoms with E-state index in [1.165, 1.54) is 30.6 Å². The Bertz CT molecular complexity index is 415. The van der Waals surface area contributed by atoms with Crippen molar-refractivity contribution in [3.8, 4) is 0 Å². The third-order valence-corrected chi connectivity index (χ3v) is 4.14. The van der Waals surface area contributed by atoms with Crippen molar-refractivity contribution >= 4 is 21.6 Å². The Hall–Kier alpha value is -0.540. The number of hydrogen-bond donors (Lipinski definition) is 1. The second kappa shape index (κ2) is 5.62. The SMILES string of the molecule is CNCc1cc(Br)ccc1N1CCCC(C)(C)C1. The van der Waals surface area contributed by atoms with E-state index in [9.17, 15) is 0 Å². The summed E-state index contributed by atoms with van der Waals surface area (Å²) >= 11 is 3.57. The summed E-state index contributed by atoms with van der Waals surface area (Å²) in [5.74, 6) is 0. The van der Waals surface area contributed by atoms with Gasteiger partial charge in [-0.05, 0) is 49.1 Å². The normalized spacial score (nSPS) is 19.0. The van der Waals surface area contributed by atoms with Crippen molar-refractivity contribution in [2.45, 2.75) is 33.2 Å². The summed E-state index contributed by atoms with van der Waals surface area (Å²) < 4.78 is 1.16. The molecule has 1 aromatic carbocycles. The number of nitrogens with zero attached hydrogens (tertiary/aromatic N) is 1. The minimum absolute atomic E-state index is 0.433. The molecule has 0 atom stereocenters. The summed E-state index contributed by atoms with van der Waals surface area (Å²) in [6.45, 7) is 8.00. The van der Waals surface area contributed by atoms with Gasteiger partial charge >= 0.3 is 0 Å². The molecule has 1 heterocycles. The maximum absolute atomic E-state index is 3.57. The smallest absolute Gasteiger partial charge is 0.0412 e. The molecule has 100 valence electrons. The van der Waals surface area contributed by atoms with Gasteiger partial charge in [0.05, 0.1) is 0 Å². The number of anilines is 1. The van der Waals surface area contributed by atoms with Gasteiger partial charge in [-0.3, -0.25) is 0 Å². The van der Waals surface area contributed by atoms with E-state index in [0.717, 1.165) is 17.6 Å². The highest BCUT2D eigenvalue weighted by Crippen LogP contribution is 2.33. The molecule has 0 saturated carbocycles. The molecule has 1 aromatic rings. The first-order valence-electron chi connectivity index (χ1n) is 6.70. The van der Waals surface area contributed by atoms with Crippen LogP contribution in [0.1, 0.15) is 32.3 Å². The van der Waals surface area contributed by atoms with Gasteiger partial charge in [0.15, 0.2) is 0 Å². The quantitative estimate of drug-likeness (QED) is 0.913. The van der Waals surface area contributed by atoms with Crippen molar-refractivity contribution in [3.05, 3.63) is 28.2 Å². The van der Waals surface area contributed by atoms with E-state index >= 15 is 0 Å². The summed E-state index contributed by atoms with van der Waals surface area (Å²) in [5.41, 5.74) is 3.20. The number of piperidine rings is 1. The zero-order valence-corrected chi connectivity index (χ0v) is 13.2. The van der Waals surface area contributed by atoms with Crippen LogP contribution < -0.4 is 10.2 Å². The molecule has 3 heteroatoms. The molecule has 1 fully saturated rings. The zero-order chi connectivity index (χ0) is 13.2. The number of hydrogen-bond acceptors (Lipinski definition) is 2. The standard InChI is InChI=1S/C15H23BrN2/c1-15(2)7-4-8-18(11-15)14-6-5-13(16)9-12(14)10-17-3/h5-6,9,17H,4,7-8,10-11H2,1-3H3. The van der Waals surface area contributed by atoms with Gasteiger partial charge in [-0.15, -0.1) is 0 Å². The molecule has 1 aliphatic heterocycles.